The van der Waals surface area contributed by atoms with Crippen molar-refractivity contribution in [1.82, 2.24) is 39.0 Å². The first-order chi connectivity index (χ1) is 21.3. The monoisotopic (exact) mass is 690 g/mol. The van der Waals surface area contributed by atoms with Crippen molar-refractivity contribution in [2.45, 2.75) is 49.1 Å². The number of anilines is 2. The minimum absolute atomic E-state index is 0.0530. The number of aromatic amines is 1. The van der Waals surface area contributed by atoms with E-state index in [1.54, 1.807) is 0 Å². The first kappa shape index (κ1) is 30.6. The van der Waals surface area contributed by atoms with E-state index in [-0.39, 0.29) is 34.1 Å². The van der Waals surface area contributed by atoms with Gasteiger partial charge in [0.15, 0.2) is 35.1 Å². The molecule has 0 spiro atoms. The maximum atomic E-state index is 13.1. The molecule has 7 heterocycles. The molecule has 7 rings (SSSR count). The summed E-state index contributed by atoms with van der Waals surface area (Å²) < 4.78 is 49.0. The van der Waals surface area contributed by atoms with E-state index in [0.29, 0.717) is 0 Å². The van der Waals surface area contributed by atoms with Crippen molar-refractivity contribution in [1.29, 1.82) is 0 Å². The molecule has 0 aliphatic carbocycles. The average molecular weight is 690 g/mol. The van der Waals surface area contributed by atoms with Crippen molar-refractivity contribution in [2.24, 2.45) is 0 Å². The van der Waals surface area contributed by atoms with Gasteiger partial charge in [-0.25, -0.2) is 24.5 Å². The standard InChI is InChI=1S/C20H24N10O12P2S/c21-14-8-15(24-3-23-14)29(4-25-8)18-10(31)12-7(40-18)2-38-44(36,45)42-13-6(1-37-43(34,35)41-12)39-19(11(13)32)30-5-26-9-16(30)27-20(22)28-17(9)33/h3-7,10-13,18-19,31-32H,1-2H2,(H,34,35)(H,36,45)(H2,21,23,24)(H3,22,27,28,33)/t6?,7?,10-,11-,12-,13-,18-,19-,44?/m1/s1. The predicted molar refractivity (Wildman–Crippen MR) is 150 cm³/mol. The van der Waals surface area contributed by atoms with Gasteiger partial charge in [0.25, 0.3) is 5.56 Å². The van der Waals surface area contributed by atoms with Crippen molar-refractivity contribution in [3.05, 3.63) is 29.3 Å². The summed E-state index contributed by atoms with van der Waals surface area (Å²) in [5, 5.41) is 22.4. The summed E-state index contributed by atoms with van der Waals surface area (Å²) in [6.07, 6.45) is -8.06. The molecule has 0 saturated carbocycles. The van der Waals surface area contributed by atoms with Crippen LogP contribution in [0.25, 0.3) is 22.3 Å². The number of aliphatic hydroxyl groups excluding tert-OH is 2. The van der Waals surface area contributed by atoms with E-state index in [4.69, 9.17) is 50.8 Å². The Kier molecular flexibility index (Phi) is 7.52. The van der Waals surface area contributed by atoms with E-state index >= 15 is 0 Å². The normalized spacial score (nSPS) is 37.7. The van der Waals surface area contributed by atoms with Gasteiger partial charge in [0.1, 0.15) is 48.5 Å². The van der Waals surface area contributed by atoms with Crippen LogP contribution in [0.1, 0.15) is 12.5 Å². The summed E-state index contributed by atoms with van der Waals surface area (Å²) in [6.45, 7) is -5.57. The molecule has 4 aromatic rings. The molecule has 25 heteroatoms. The number of phosphoric acid groups is 1. The molecule has 0 radical (unpaired) electrons. The zero-order valence-corrected chi connectivity index (χ0v) is 25.0. The molecular weight excluding hydrogens is 666 g/mol. The molecule has 3 saturated heterocycles. The number of nitrogens with zero attached hydrogens (tertiary/aromatic N) is 7. The largest absolute Gasteiger partial charge is 0.472 e. The minimum Gasteiger partial charge on any atom is -0.386 e. The molecule has 0 amide bonds. The molecule has 0 bridgehead atoms. The highest BCUT2D eigenvalue weighted by atomic mass is 32.5. The van der Waals surface area contributed by atoms with Gasteiger partial charge in [0.05, 0.1) is 25.9 Å². The second-order valence-corrected chi connectivity index (χ2v) is 14.3. The van der Waals surface area contributed by atoms with Gasteiger partial charge in [-0.15, -0.1) is 0 Å². The van der Waals surface area contributed by atoms with Crippen LogP contribution in [0.3, 0.4) is 0 Å². The molecule has 4 unspecified atom stereocenters. The summed E-state index contributed by atoms with van der Waals surface area (Å²) in [5.74, 6) is -0.169. The Balaban J connectivity index is 1.17. The third-order valence-electron chi connectivity index (χ3n) is 7.32. The molecule has 45 heavy (non-hydrogen) atoms. The van der Waals surface area contributed by atoms with Crippen LogP contribution in [0.4, 0.5) is 11.8 Å². The molecule has 3 fully saturated rings. The van der Waals surface area contributed by atoms with Gasteiger partial charge in [-0.05, 0) is 11.8 Å². The first-order valence-corrected chi connectivity index (χ1v) is 17.0. The van der Waals surface area contributed by atoms with Crippen molar-refractivity contribution in [3.8, 4) is 0 Å². The molecule has 4 aromatic heterocycles. The van der Waals surface area contributed by atoms with Crippen LogP contribution in [-0.4, -0.2) is 109 Å². The van der Waals surface area contributed by atoms with Crippen molar-refractivity contribution in [3.63, 3.8) is 0 Å². The fraction of sp³-hybridized carbons (Fsp3) is 0.500. The van der Waals surface area contributed by atoms with E-state index in [1.165, 1.54) is 21.8 Å². The number of rotatable bonds is 2. The van der Waals surface area contributed by atoms with Gasteiger partial charge in [-0.2, -0.15) is 4.98 Å². The SMILES string of the molecule is Nc1nc2c(ncn2[C@@H]2OC3COP(=O)(O)O[C@@H]4C(COP(O)(=S)O[C@H]3[C@H]2O)O[C@@H](n2cnc3c(N)ncnc32)[C@@H]4O)c(=O)[nH]1. The van der Waals surface area contributed by atoms with Crippen LogP contribution in [0, 0.1) is 0 Å². The van der Waals surface area contributed by atoms with Gasteiger partial charge >= 0.3 is 14.5 Å². The Labute approximate surface area is 254 Å². The first-order valence-electron chi connectivity index (χ1n) is 13.0. The fourth-order valence-electron chi connectivity index (χ4n) is 5.32. The minimum atomic E-state index is -4.99. The summed E-state index contributed by atoms with van der Waals surface area (Å²) in [4.78, 5) is 56.2. The number of imidazole rings is 2. The van der Waals surface area contributed by atoms with Gasteiger partial charge < -0.3 is 45.5 Å². The highest BCUT2D eigenvalue weighted by Gasteiger charge is 2.53. The van der Waals surface area contributed by atoms with Crippen LogP contribution < -0.4 is 17.0 Å². The molecule has 10 atom stereocenters. The lowest BCUT2D eigenvalue weighted by molar-refractivity contribution is -0.0629. The van der Waals surface area contributed by atoms with E-state index in [0.717, 1.165) is 6.33 Å². The smallest absolute Gasteiger partial charge is 0.386 e. The Hall–Kier alpha value is -3.02. The number of H-pyrrole nitrogens is 1. The van der Waals surface area contributed by atoms with Crippen LogP contribution in [0.2, 0.25) is 0 Å². The quantitative estimate of drug-likeness (QED) is 0.109. The lowest BCUT2D eigenvalue weighted by atomic mass is 10.1. The van der Waals surface area contributed by atoms with Crippen molar-refractivity contribution >= 4 is 60.4 Å². The second kappa shape index (κ2) is 11.1. The van der Waals surface area contributed by atoms with Gasteiger partial charge in [-0.3, -0.25) is 32.5 Å². The molecule has 0 aromatic carbocycles. The van der Waals surface area contributed by atoms with Crippen LogP contribution in [-0.2, 0) is 43.9 Å². The number of fused-ring (bicyclic) bond motifs is 4. The number of hydrogen-bond acceptors (Lipinski definition) is 18. The van der Waals surface area contributed by atoms with E-state index in [2.05, 4.69) is 29.9 Å². The third kappa shape index (κ3) is 5.44. The third-order valence-corrected chi connectivity index (χ3v) is 9.86. The van der Waals surface area contributed by atoms with Crippen LogP contribution >= 0.6 is 14.5 Å². The summed E-state index contributed by atoms with van der Waals surface area (Å²) >= 11 is 5.18. The van der Waals surface area contributed by atoms with Crippen LogP contribution in [0.15, 0.2) is 23.8 Å². The molecule has 9 N–H and O–H groups in total. The van der Waals surface area contributed by atoms with Crippen molar-refractivity contribution in [2.75, 3.05) is 24.7 Å². The highest BCUT2D eigenvalue weighted by molar-refractivity contribution is 8.07. The number of aliphatic hydroxyl groups is 2. The second-order valence-electron chi connectivity index (χ2n) is 10.1. The number of phosphoric ester groups is 1. The molecular formula is C20H24N10O12P2S. The Morgan fingerprint density at radius 2 is 1.49 bits per heavy atom. The van der Waals surface area contributed by atoms with Crippen molar-refractivity contribution < 1.29 is 52.1 Å². The Morgan fingerprint density at radius 3 is 2.18 bits per heavy atom. The predicted octanol–water partition coefficient (Wildman–Crippen LogP) is -2.23. The number of nitrogen functional groups attached to an aromatic ring is 2. The average Bonchev–Trinajstić information content (AvgIpc) is 3.72. The summed E-state index contributed by atoms with van der Waals surface area (Å²) in [7, 11) is -4.99. The lowest BCUT2D eigenvalue weighted by Gasteiger charge is -2.29. The fourth-order valence-corrected chi connectivity index (χ4v) is 7.73. The van der Waals surface area contributed by atoms with Gasteiger partial charge in [0, 0.05) is 0 Å². The zero-order valence-electron chi connectivity index (χ0n) is 22.4. The van der Waals surface area contributed by atoms with E-state index in [9.17, 15) is 29.4 Å². The molecule has 22 nitrogen and oxygen atoms in total. The maximum absolute atomic E-state index is 13.1. The number of hydrogen-bond donors (Lipinski definition) is 7. The highest BCUT2D eigenvalue weighted by Crippen LogP contribution is 2.53. The number of ether oxygens (including phenoxy) is 2. The number of aromatic nitrogens is 8. The lowest BCUT2D eigenvalue weighted by Crippen LogP contribution is -2.39. The van der Waals surface area contributed by atoms with Gasteiger partial charge in [0.2, 0.25) is 5.95 Å². The Morgan fingerprint density at radius 1 is 0.889 bits per heavy atom. The maximum Gasteiger partial charge on any atom is 0.472 e. The van der Waals surface area contributed by atoms with Gasteiger partial charge in [-0.1, -0.05) is 0 Å². The molecule has 3 aliphatic heterocycles. The van der Waals surface area contributed by atoms with Crippen LogP contribution in [0.5, 0.6) is 0 Å². The Bertz CT molecular complexity index is 1940. The van der Waals surface area contributed by atoms with E-state index in [1.807, 2.05) is 0 Å². The zero-order chi connectivity index (χ0) is 31.8. The topological polar surface area (TPSA) is 313 Å². The number of nitrogens with two attached hydrogens (primary N) is 2. The summed E-state index contributed by atoms with van der Waals surface area (Å²) in [6, 6.07) is 0. The summed E-state index contributed by atoms with van der Waals surface area (Å²) in [5.41, 5.74) is 11.1. The van der Waals surface area contributed by atoms with E-state index < -0.39 is 82.4 Å². The number of nitrogens with one attached hydrogen (secondary N) is 1. The molecule has 3 aliphatic rings. The molecule has 242 valence electrons.